The van der Waals surface area contributed by atoms with Gasteiger partial charge in [-0.15, -0.1) is 0 Å². The number of methoxy groups -OCH3 is 1. The first-order chi connectivity index (χ1) is 12.6. The third-order valence-electron chi connectivity index (χ3n) is 4.99. The lowest BCUT2D eigenvalue weighted by Crippen LogP contribution is -3.28. The Labute approximate surface area is 155 Å². The summed E-state index contributed by atoms with van der Waals surface area (Å²) in [6.07, 6.45) is 0. The van der Waals surface area contributed by atoms with E-state index >= 15 is 0 Å². The van der Waals surface area contributed by atoms with Crippen molar-refractivity contribution in [2.45, 2.75) is 13.5 Å². The number of piperazine rings is 1. The number of ether oxygens (including phenoxy) is 1. The molecule has 3 rings (SSSR count). The number of benzene rings is 2. The Bertz CT molecular complexity index is 722. The fraction of sp³-hybridized carbons (Fsp3) is 0.381. The highest BCUT2D eigenvalue weighted by molar-refractivity contribution is 5.91. The van der Waals surface area contributed by atoms with Crippen LogP contribution in [0.2, 0.25) is 0 Å². The number of carbonyl (C=O) groups is 1. The van der Waals surface area contributed by atoms with Crippen molar-refractivity contribution in [2.24, 2.45) is 0 Å². The van der Waals surface area contributed by atoms with Gasteiger partial charge < -0.3 is 19.9 Å². The van der Waals surface area contributed by atoms with Crippen LogP contribution in [0.1, 0.15) is 11.1 Å². The molecule has 0 saturated carbocycles. The Kier molecular flexibility index (Phi) is 6.26. The maximum absolute atomic E-state index is 12.3. The zero-order chi connectivity index (χ0) is 18.4. The lowest BCUT2D eigenvalue weighted by Gasteiger charge is -2.29. The first-order valence-electron chi connectivity index (χ1n) is 9.29. The molecule has 0 spiro atoms. The standard InChI is InChI=1S/C21H27N3O2/c1-17-4-3-5-18(14-17)15-23-10-12-24(13-11-23)16-21(25)22-19-6-8-20(26-2)9-7-19/h3-9,14H,10-13,15-16H2,1-2H3,(H,22,25)/p+2. The van der Waals surface area contributed by atoms with Gasteiger partial charge in [-0.3, -0.25) is 4.79 Å². The average molecular weight is 355 g/mol. The molecule has 1 saturated heterocycles. The molecule has 3 N–H and O–H groups in total. The first-order valence-corrected chi connectivity index (χ1v) is 9.29. The molecule has 0 bridgehead atoms. The quantitative estimate of drug-likeness (QED) is 0.679. The van der Waals surface area contributed by atoms with Gasteiger partial charge in [-0.05, 0) is 31.2 Å². The van der Waals surface area contributed by atoms with Gasteiger partial charge in [0.25, 0.3) is 5.91 Å². The van der Waals surface area contributed by atoms with Crippen molar-refractivity contribution in [3.63, 3.8) is 0 Å². The number of quaternary nitrogens is 2. The topological polar surface area (TPSA) is 47.2 Å². The summed E-state index contributed by atoms with van der Waals surface area (Å²) in [6, 6.07) is 16.2. The van der Waals surface area contributed by atoms with E-state index in [-0.39, 0.29) is 5.91 Å². The van der Waals surface area contributed by atoms with Gasteiger partial charge in [0.2, 0.25) is 0 Å². The van der Waals surface area contributed by atoms with E-state index in [0.29, 0.717) is 6.54 Å². The van der Waals surface area contributed by atoms with Gasteiger partial charge in [-0.2, -0.15) is 0 Å². The Balaban J connectivity index is 1.42. The van der Waals surface area contributed by atoms with Crippen LogP contribution in [0.3, 0.4) is 0 Å². The number of hydrogen-bond acceptors (Lipinski definition) is 2. The van der Waals surface area contributed by atoms with Crippen molar-refractivity contribution in [1.29, 1.82) is 0 Å². The molecule has 0 atom stereocenters. The van der Waals surface area contributed by atoms with E-state index in [9.17, 15) is 4.79 Å². The lowest BCUT2D eigenvalue weighted by molar-refractivity contribution is -1.02. The molecule has 26 heavy (non-hydrogen) atoms. The Morgan fingerprint density at radius 1 is 1.04 bits per heavy atom. The number of rotatable bonds is 6. The fourth-order valence-corrected chi connectivity index (χ4v) is 3.53. The molecular formula is C21H29N3O2+2. The minimum absolute atomic E-state index is 0.0762. The van der Waals surface area contributed by atoms with Crippen LogP contribution in [0.4, 0.5) is 5.69 Å². The second kappa shape index (κ2) is 8.83. The smallest absolute Gasteiger partial charge is 0.279 e. The van der Waals surface area contributed by atoms with Gasteiger partial charge in [0.05, 0.1) is 7.11 Å². The molecule has 2 aromatic carbocycles. The number of anilines is 1. The molecule has 5 heteroatoms. The number of hydrogen-bond donors (Lipinski definition) is 3. The van der Waals surface area contributed by atoms with Gasteiger partial charge in [0.1, 0.15) is 38.5 Å². The van der Waals surface area contributed by atoms with Crippen LogP contribution < -0.4 is 19.9 Å². The van der Waals surface area contributed by atoms with Crippen molar-refractivity contribution in [1.82, 2.24) is 0 Å². The second-order valence-electron chi connectivity index (χ2n) is 7.12. The summed E-state index contributed by atoms with van der Waals surface area (Å²) in [6.45, 7) is 8.05. The Morgan fingerprint density at radius 3 is 2.38 bits per heavy atom. The molecule has 0 aliphatic carbocycles. The van der Waals surface area contributed by atoms with E-state index in [1.807, 2.05) is 24.3 Å². The summed E-state index contributed by atoms with van der Waals surface area (Å²) < 4.78 is 5.14. The van der Waals surface area contributed by atoms with Crippen LogP contribution in [-0.4, -0.2) is 45.7 Å². The van der Waals surface area contributed by atoms with Crippen LogP contribution in [0.15, 0.2) is 48.5 Å². The van der Waals surface area contributed by atoms with Crippen LogP contribution in [-0.2, 0) is 11.3 Å². The third kappa shape index (κ3) is 5.31. The summed E-state index contributed by atoms with van der Waals surface area (Å²) in [5, 5.41) is 2.98. The highest BCUT2D eigenvalue weighted by Gasteiger charge is 2.24. The summed E-state index contributed by atoms with van der Waals surface area (Å²) in [5.74, 6) is 0.869. The number of nitrogens with one attached hydrogen (secondary N) is 3. The molecule has 1 aliphatic rings. The molecule has 138 valence electrons. The molecule has 1 heterocycles. The van der Waals surface area contributed by atoms with E-state index in [1.54, 1.807) is 12.0 Å². The zero-order valence-electron chi connectivity index (χ0n) is 15.7. The van der Waals surface area contributed by atoms with Crippen LogP contribution in [0.25, 0.3) is 0 Å². The van der Waals surface area contributed by atoms with Crippen LogP contribution in [0.5, 0.6) is 5.75 Å². The van der Waals surface area contributed by atoms with Gasteiger partial charge in [-0.1, -0.05) is 29.8 Å². The van der Waals surface area contributed by atoms with Gasteiger partial charge >= 0.3 is 0 Å². The average Bonchev–Trinajstić information content (AvgIpc) is 2.64. The predicted molar refractivity (Wildman–Crippen MR) is 103 cm³/mol. The molecule has 1 amide bonds. The van der Waals surface area contributed by atoms with Crippen molar-refractivity contribution in [2.75, 3.05) is 45.2 Å². The SMILES string of the molecule is COc1ccc(NC(=O)C[NH+]2CC[NH+](Cc3cccc(C)c3)CC2)cc1. The Hall–Kier alpha value is -2.37. The normalized spacial score (nSPS) is 19.8. The summed E-state index contributed by atoms with van der Waals surface area (Å²) in [5.41, 5.74) is 3.54. The van der Waals surface area contributed by atoms with Crippen LogP contribution >= 0.6 is 0 Å². The minimum atomic E-state index is 0.0762. The van der Waals surface area contributed by atoms with Crippen molar-refractivity contribution in [3.05, 3.63) is 59.7 Å². The summed E-state index contributed by atoms with van der Waals surface area (Å²) in [4.78, 5) is 15.2. The number of amides is 1. The second-order valence-corrected chi connectivity index (χ2v) is 7.12. The molecule has 0 radical (unpaired) electrons. The molecule has 1 aliphatic heterocycles. The van der Waals surface area contributed by atoms with E-state index in [0.717, 1.165) is 44.2 Å². The summed E-state index contributed by atoms with van der Waals surface area (Å²) >= 11 is 0. The Morgan fingerprint density at radius 2 is 1.73 bits per heavy atom. The largest absolute Gasteiger partial charge is 0.497 e. The maximum atomic E-state index is 12.3. The van der Waals surface area contributed by atoms with Crippen molar-refractivity contribution < 1.29 is 19.3 Å². The fourth-order valence-electron chi connectivity index (χ4n) is 3.53. The third-order valence-corrected chi connectivity index (χ3v) is 4.99. The molecular weight excluding hydrogens is 326 g/mol. The highest BCUT2D eigenvalue weighted by Crippen LogP contribution is 2.14. The van der Waals surface area contributed by atoms with Gasteiger partial charge in [-0.25, -0.2) is 0 Å². The predicted octanol–water partition coefficient (Wildman–Crippen LogP) is -0.0743. The van der Waals surface area contributed by atoms with Crippen molar-refractivity contribution in [3.8, 4) is 5.75 Å². The van der Waals surface area contributed by atoms with E-state index in [4.69, 9.17) is 4.74 Å². The van der Waals surface area contributed by atoms with Gasteiger partial charge in [0.15, 0.2) is 6.54 Å². The molecule has 5 nitrogen and oxygen atoms in total. The minimum Gasteiger partial charge on any atom is -0.497 e. The van der Waals surface area contributed by atoms with E-state index in [2.05, 4.69) is 36.5 Å². The highest BCUT2D eigenvalue weighted by atomic mass is 16.5. The number of aryl methyl sites for hydroxylation is 1. The molecule has 0 aromatic heterocycles. The lowest BCUT2D eigenvalue weighted by atomic mass is 10.1. The monoisotopic (exact) mass is 355 g/mol. The van der Waals surface area contributed by atoms with Crippen LogP contribution in [0, 0.1) is 6.92 Å². The first kappa shape index (κ1) is 18.4. The van der Waals surface area contributed by atoms with Gasteiger partial charge in [0, 0.05) is 11.3 Å². The number of carbonyl (C=O) groups excluding carboxylic acids is 1. The van der Waals surface area contributed by atoms with E-state index in [1.165, 1.54) is 16.0 Å². The summed E-state index contributed by atoms with van der Waals surface area (Å²) in [7, 11) is 1.64. The van der Waals surface area contributed by atoms with E-state index < -0.39 is 0 Å². The molecule has 0 unspecified atom stereocenters. The molecule has 2 aromatic rings. The maximum Gasteiger partial charge on any atom is 0.279 e. The zero-order valence-corrected chi connectivity index (χ0v) is 15.7. The molecule has 1 fully saturated rings. The van der Waals surface area contributed by atoms with Crippen molar-refractivity contribution >= 4 is 11.6 Å².